The van der Waals surface area contributed by atoms with Crippen LogP contribution in [-0.2, 0) is 11.3 Å². The van der Waals surface area contributed by atoms with Gasteiger partial charge in [0.15, 0.2) is 11.5 Å². The molecule has 4 N–H and O–H groups in total. The topological polar surface area (TPSA) is 133 Å². The van der Waals surface area contributed by atoms with Crippen LogP contribution in [0.5, 0.6) is 11.5 Å². The van der Waals surface area contributed by atoms with Crippen molar-refractivity contribution in [1.82, 2.24) is 15.0 Å². The maximum Gasteiger partial charge on any atom is 0.280 e. The zero-order valence-electron chi connectivity index (χ0n) is 17.2. The number of thioether (sulfide) groups is 1. The molecule has 0 fully saturated rings. The fourth-order valence-corrected chi connectivity index (χ4v) is 3.18. The monoisotopic (exact) mass is 442 g/mol. The van der Waals surface area contributed by atoms with Crippen LogP contribution in [0, 0.1) is 0 Å². The van der Waals surface area contributed by atoms with Crippen molar-refractivity contribution in [3.05, 3.63) is 48.2 Å². The Morgan fingerprint density at radius 3 is 2.65 bits per heavy atom. The molecule has 0 spiro atoms. The standard InChI is InChI=1S/C20H22N6O4S/c1-29-13-7-8-15(16(10-13)30-2)23-20(28)18-19(21)26(25-24-18)11-17(27)22-12-5-4-6-14(9-12)31-3/h4-10H,11,21H2,1-3H3,(H,22,27)(H,23,28). The Morgan fingerprint density at radius 2 is 1.94 bits per heavy atom. The Kier molecular flexibility index (Phi) is 6.98. The summed E-state index contributed by atoms with van der Waals surface area (Å²) in [6.07, 6.45) is 1.95. The predicted molar refractivity (Wildman–Crippen MR) is 119 cm³/mol. The number of ether oxygens (including phenoxy) is 2. The van der Waals surface area contributed by atoms with Gasteiger partial charge >= 0.3 is 0 Å². The summed E-state index contributed by atoms with van der Waals surface area (Å²) in [6, 6.07) is 12.4. The van der Waals surface area contributed by atoms with Crippen LogP contribution in [0.2, 0.25) is 0 Å². The lowest BCUT2D eigenvalue weighted by atomic mass is 10.2. The molecule has 0 aliphatic rings. The number of anilines is 3. The van der Waals surface area contributed by atoms with Crippen LogP contribution in [0.4, 0.5) is 17.2 Å². The Labute approximate surface area is 183 Å². The molecule has 10 nitrogen and oxygen atoms in total. The molecule has 2 amide bonds. The van der Waals surface area contributed by atoms with E-state index in [-0.39, 0.29) is 24.0 Å². The first-order valence-electron chi connectivity index (χ1n) is 9.11. The first-order chi connectivity index (χ1) is 14.9. The number of nitrogens with zero attached hydrogens (tertiary/aromatic N) is 3. The van der Waals surface area contributed by atoms with E-state index in [1.807, 2.05) is 24.5 Å². The molecule has 0 saturated heterocycles. The Balaban J connectivity index is 1.69. The zero-order valence-corrected chi connectivity index (χ0v) is 18.0. The summed E-state index contributed by atoms with van der Waals surface area (Å²) in [5.41, 5.74) is 6.97. The van der Waals surface area contributed by atoms with Gasteiger partial charge in [0.05, 0.1) is 19.9 Å². The minimum absolute atomic E-state index is 0.0296. The number of benzene rings is 2. The third-order valence-electron chi connectivity index (χ3n) is 4.29. The number of aromatic nitrogens is 3. The van der Waals surface area contributed by atoms with Gasteiger partial charge < -0.3 is 25.8 Å². The van der Waals surface area contributed by atoms with Gasteiger partial charge in [0.2, 0.25) is 5.91 Å². The molecule has 0 atom stereocenters. The van der Waals surface area contributed by atoms with Crippen molar-refractivity contribution in [3.8, 4) is 11.5 Å². The maximum absolute atomic E-state index is 12.6. The van der Waals surface area contributed by atoms with E-state index in [0.717, 1.165) is 9.58 Å². The third-order valence-corrected chi connectivity index (χ3v) is 5.02. The molecule has 31 heavy (non-hydrogen) atoms. The van der Waals surface area contributed by atoms with Gasteiger partial charge in [-0.3, -0.25) is 9.59 Å². The van der Waals surface area contributed by atoms with Crippen molar-refractivity contribution in [2.75, 3.05) is 36.8 Å². The van der Waals surface area contributed by atoms with Crippen LogP contribution < -0.4 is 25.8 Å². The number of hydrogen-bond donors (Lipinski definition) is 3. The number of nitrogens with one attached hydrogen (secondary N) is 2. The third kappa shape index (κ3) is 5.25. The van der Waals surface area contributed by atoms with Gasteiger partial charge in [0.1, 0.15) is 18.0 Å². The molecular formula is C20H22N6O4S. The van der Waals surface area contributed by atoms with Crippen LogP contribution in [0.25, 0.3) is 0 Å². The number of carbonyl (C=O) groups is 2. The summed E-state index contributed by atoms with van der Waals surface area (Å²) < 4.78 is 11.6. The lowest BCUT2D eigenvalue weighted by molar-refractivity contribution is -0.116. The van der Waals surface area contributed by atoms with Crippen LogP contribution in [-0.4, -0.2) is 47.3 Å². The van der Waals surface area contributed by atoms with E-state index in [1.165, 1.54) is 14.2 Å². The normalized spacial score (nSPS) is 10.4. The van der Waals surface area contributed by atoms with Crippen molar-refractivity contribution in [3.63, 3.8) is 0 Å². The molecule has 0 aliphatic heterocycles. The molecule has 0 unspecified atom stereocenters. The molecule has 0 aliphatic carbocycles. The van der Waals surface area contributed by atoms with Crippen molar-refractivity contribution in [2.45, 2.75) is 11.4 Å². The second-order valence-corrected chi connectivity index (χ2v) is 7.16. The van der Waals surface area contributed by atoms with E-state index in [0.29, 0.717) is 22.9 Å². The highest BCUT2D eigenvalue weighted by atomic mass is 32.2. The van der Waals surface area contributed by atoms with Crippen molar-refractivity contribution in [2.24, 2.45) is 0 Å². The van der Waals surface area contributed by atoms with Gasteiger partial charge in [0, 0.05) is 16.6 Å². The Morgan fingerprint density at radius 1 is 1.13 bits per heavy atom. The smallest absolute Gasteiger partial charge is 0.280 e. The van der Waals surface area contributed by atoms with Gasteiger partial charge in [-0.2, -0.15) is 0 Å². The SMILES string of the molecule is COc1ccc(NC(=O)c2nnn(CC(=O)Nc3cccc(SC)c3)c2N)c(OC)c1. The predicted octanol–water partition coefficient (Wildman–Crippen LogP) is 2.49. The molecular weight excluding hydrogens is 420 g/mol. The lowest BCUT2D eigenvalue weighted by Gasteiger charge is -2.11. The minimum Gasteiger partial charge on any atom is -0.497 e. The summed E-state index contributed by atoms with van der Waals surface area (Å²) in [5, 5.41) is 13.1. The highest BCUT2D eigenvalue weighted by Gasteiger charge is 2.20. The Bertz CT molecular complexity index is 1100. The van der Waals surface area contributed by atoms with E-state index in [4.69, 9.17) is 15.2 Å². The summed E-state index contributed by atoms with van der Waals surface area (Å²) >= 11 is 1.57. The van der Waals surface area contributed by atoms with E-state index in [9.17, 15) is 9.59 Å². The van der Waals surface area contributed by atoms with Crippen LogP contribution in [0.1, 0.15) is 10.5 Å². The summed E-state index contributed by atoms with van der Waals surface area (Å²) in [6.45, 7) is -0.193. The van der Waals surface area contributed by atoms with E-state index in [2.05, 4.69) is 20.9 Å². The summed E-state index contributed by atoms with van der Waals surface area (Å²) in [4.78, 5) is 26.0. The summed E-state index contributed by atoms with van der Waals surface area (Å²) in [5.74, 6) is 0.0248. The molecule has 3 rings (SSSR count). The molecule has 0 saturated carbocycles. The highest BCUT2D eigenvalue weighted by Crippen LogP contribution is 2.29. The number of methoxy groups -OCH3 is 2. The van der Waals surface area contributed by atoms with Crippen LogP contribution in [0.3, 0.4) is 0 Å². The molecule has 1 heterocycles. The minimum atomic E-state index is -0.583. The number of nitrogens with two attached hydrogens (primary N) is 1. The molecule has 0 bridgehead atoms. The van der Waals surface area contributed by atoms with Gasteiger partial charge in [-0.1, -0.05) is 11.3 Å². The second-order valence-electron chi connectivity index (χ2n) is 6.28. The number of rotatable bonds is 8. The van der Waals surface area contributed by atoms with Gasteiger partial charge in [-0.15, -0.1) is 16.9 Å². The van der Waals surface area contributed by atoms with E-state index < -0.39 is 5.91 Å². The highest BCUT2D eigenvalue weighted by molar-refractivity contribution is 7.98. The van der Waals surface area contributed by atoms with Crippen molar-refractivity contribution < 1.29 is 19.1 Å². The fourth-order valence-electron chi connectivity index (χ4n) is 2.72. The van der Waals surface area contributed by atoms with Gasteiger partial charge in [-0.25, -0.2) is 4.68 Å². The lowest BCUT2D eigenvalue weighted by Crippen LogP contribution is -2.21. The first kappa shape index (κ1) is 22.0. The number of hydrogen-bond acceptors (Lipinski definition) is 8. The number of amides is 2. The maximum atomic E-state index is 12.6. The quantitative estimate of drug-likeness (QED) is 0.453. The van der Waals surface area contributed by atoms with E-state index in [1.54, 1.807) is 36.0 Å². The first-order valence-corrected chi connectivity index (χ1v) is 10.3. The zero-order chi connectivity index (χ0) is 22.4. The number of carbonyl (C=O) groups excluding carboxylic acids is 2. The van der Waals surface area contributed by atoms with E-state index >= 15 is 0 Å². The average Bonchev–Trinajstić information content (AvgIpc) is 3.14. The molecule has 162 valence electrons. The molecule has 2 aromatic carbocycles. The Hall–Kier alpha value is -3.73. The second kappa shape index (κ2) is 9.85. The summed E-state index contributed by atoms with van der Waals surface area (Å²) in [7, 11) is 3.00. The van der Waals surface area contributed by atoms with Gasteiger partial charge in [-0.05, 0) is 36.6 Å². The number of nitrogen functional groups attached to an aromatic ring is 1. The van der Waals surface area contributed by atoms with Crippen molar-refractivity contribution in [1.29, 1.82) is 0 Å². The molecule has 3 aromatic rings. The van der Waals surface area contributed by atoms with Crippen LogP contribution >= 0.6 is 11.8 Å². The largest absolute Gasteiger partial charge is 0.497 e. The fraction of sp³-hybridized carbons (Fsp3) is 0.200. The van der Waals surface area contributed by atoms with Gasteiger partial charge in [0.25, 0.3) is 5.91 Å². The van der Waals surface area contributed by atoms with Crippen molar-refractivity contribution >= 4 is 40.8 Å². The molecule has 1 aromatic heterocycles. The van der Waals surface area contributed by atoms with Crippen LogP contribution in [0.15, 0.2) is 47.4 Å². The molecule has 0 radical (unpaired) electrons. The average molecular weight is 443 g/mol. The molecule has 11 heteroatoms.